The lowest BCUT2D eigenvalue weighted by Gasteiger charge is -2.32. The Bertz CT molecular complexity index is 1910. The molecule has 2 aromatic carbocycles. The van der Waals surface area contributed by atoms with E-state index in [0.29, 0.717) is 38.2 Å². The van der Waals surface area contributed by atoms with Crippen LogP contribution < -0.4 is 5.32 Å². The fourth-order valence-electron chi connectivity index (χ4n) is 4.27. The molecular weight excluding hydrogens is 612 g/mol. The van der Waals surface area contributed by atoms with Crippen LogP contribution in [0.5, 0.6) is 0 Å². The van der Waals surface area contributed by atoms with E-state index in [1.807, 2.05) is 0 Å². The smallest absolute Gasteiger partial charge is 0.372 e. The Kier molecular flexibility index (Phi) is 7.10. The molecule has 0 spiro atoms. The summed E-state index contributed by atoms with van der Waals surface area (Å²) in [5.41, 5.74) is -4.01. The normalized spacial score (nSPS) is 13.2. The first-order valence-electron chi connectivity index (χ1n) is 11.8. The van der Waals surface area contributed by atoms with Crippen molar-refractivity contribution in [2.24, 2.45) is 0 Å². The second kappa shape index (κ2) is 10.1. The highest BCUT2D eigenvalue weighted by Gasteiger charge is 2.70. The topological polar surface area (TPSA) is 110 Å². The van der Waals surface area contributed by atoms with Crippen molar-refractivity contribution in [3.63, 3.8) is 0 Å². The molecule has 16 heteroatoms. The lowest BCUT2D eigenvalue weighted by Crippen LogP contribution is -2.59. The molecule has 8 nitrogen and oxygen atoms in total. The third-order valence-corrected chi connectivity index (χ3v) is 8.07. The molecule has 3 aromatic heterocycles. The maximum atomic E-state index is 13.3. The molecule has 0 radical (unpaired) electrons. The van der Waals surface area contributed by atoms with Crippen LogP contribution in [0.4, 0.5) is 37.8 Å². The standard InChI is InChI=1S/C26H18ClF6N5O3S/c1-42(40,41)16-4-2-15(3-5-16)37-21-10-18-14(11-35-21)8-9-34-23(18)17-6-7-20-19(22(17)27)12-36-38(20)13-24(39,25(28,29)30)26(31,32)33/h2-12,39H,13H2,1H3,(H,35,37). The number of anilines is 2. The molecule has 0 saturated heterocycles. The highest BCUT2D eigenvalue weighted by molar-refractivity contribution is 7.90. The zero-order chi connectivity index (χ0) is 30.7. The second-order valence-electron chi connectivity index (χ2n) is 9.39. The Morgan fingerprint density at radius 2 is 1.60 bits per heavy atom. The van der Waals surface area contributed by atoms with Gasteiger partial charge in [-0.2, -0.15) is 31.4 Å². The van der Waals surface area contributed by atoms with E-state index in [2.05, 4.69) is 20.4 Å². The minimum Gasteiger partial charge on any atom is -0.372 e. The predicted octanol–water partition coefficient (Wildman–Crippen LogP) is 6.30. The van der Waals surface area contributed by atoms with E-state index < -0.39 is 34.3 Å². The summed E-state index contributed by atoms with van der Waals surface area (Å²) in [5, 5.41) is 17.5. The van der Waals surface area contributed by atoms with E-state index in [4.69, 9.17) is 11.6 Å². The van der Waals surface area contributed by atoms with Crippen LogP contribution >= 0.6 is 11.6 Å². The number of nitrogens with one attached hydrogen (secondary N) is 1. The first kappa shape index (κ1) is 29.5. The number of fused-ring (bicyclic) bond motifs is 2. The molecule has 0 aliphatic heterocycles. The number of hydrogen-bond donors (Lipinski definition) is 2. The van der Waals surface area contributed by atoms with Gasteiger partial charge in [0.15, 0.2) is 9.84 Å². The fourth-order valence-corrected chi connectivity index (χ4v) is 5.20. The van der Waals surface area contributed by atoms with E-state index in [9.17, 15) is 39.9 Å². The summed E-state index contributed by atoms with van der Waals surface area (Å²) in [5.74, 6) is 0.368. The van der Waals surface area contributed by atoms with Gasteiger partial charge in [0.05, 0.1) is 33.9 Å². The molecule has 0 aliphatic carbocycles. The summed E-state index contributed by atoms with van der Waals surface area (Å²) >= 11 is 6.58. The minimum atomic E-state index is -6.02. The number of benzene rings is 2. The number of alkyl halides is 6. The molecule has 3 heterocycles. The van der Waals surface area contributed by atoms with Gasteiger partial charge in [-0.15, -0.1) is 0 Å². The summed E-state index contributed by atoms with van der Waals surface area (Å²) in [6.07, 6.45) is -6.91. The average Bonchev–Trinajstić information content (AvgIpc) is 3.30. The van der Waals surface area contributed by atoms with Crippen LogP contribution in [0.15, 0.2) is 72.0 Å². The van der Waals surface area contributed by atoms with Crippen molar-refractivity contribution in [2.75, 3.05) is 11.6 Å². The number of halogens is 7. The third kappa shape index (κ3) is 5.23. The average molecular weight is 630 g/mol. The Morgan fingerprint density at radius 3 is 2.21 bits per heavy atom. The van der Waals surface area contributed by atoms with Crippen LogP contribution in [0, 0.1) is 0 Å². The molecule has 2 N–H and O–H groups in total. The van der Waals surface area contributed by atoms with E-state index in [0.717, 1.165) is 12.5 Å². The van der Waals surface area contributed by atoms with Crippen molar-refractivity contribution >= 4 is 54.6 Å². The first-order chi connectivity index (χ1) is 19.5. The zero-order valence-corrected chi connectivity index (χ0v) is 22.7. The maximum absolute atomic E-state index is 13.3. The van der Waals surface area contributed by atoms with Crippen molar-refractivity contribution in [1.82, 2.24) is 19.7 Å². The van der Waals surface area contributed by atoms with Gasteiger partial charge < -0.3 is 10.4 Å². The first-order valence-corrected chi connectivity index (χ1v) is 14.1. The van der Waals surface area contributed by atoms with Gasteiger partial charge in [-0.1, -0.05) is 11.6 Å². The van der Waals surface area contributed by atoms with Gasteiger partial charge in [0.2, 0.25) is 0 Å². The van der Waals surface area contributed by atoms with Crippen molar-refractivity contribution < 1.29 is 39.9 Å². The van der Waals surface area contributed by atoms with Crippen LogP contribution in [0.1, 0.15) is 0 Å². The van der Waals surface area contributed by atoms with Crippen LogP contribution in [-0.4, -0.2) is 57.5 Å². The zero-order valence-electron chi connectivity index (χ0n) is 21.2. The van der Waals surface area contributed by atoms with Crippen LogP contribution in [0.25, 0.3) is 32.9 Å². The van der Waals surface area contributed by atoms with E-state index in [-0.39, 0.29) is 20.8 Å². The number of hydrogen-bond acceptors (Lipinski definition) is 7. The number of sulfone groups is 1. The summed E-state index contributed by atoms with van der Waals surface area (Å²) in [7, 11) is -3.38. The van der Waals surface area contributed by atoms with E-state index >= 15 is 0 Å². The largest absolute Gasteiger partial charge is 0.428 e. The van der Waals surface area contributed by atoms with Gasteiger partial charge in [0, 0.05) is 46.1 Å². The van der Waals surface area contributed by atoms with Crippen LogP contribution in [0.3, 0.4) is 0 Å². The maximum Gasteiger partial charge on any atom is 0.428 e. The number of aromatic nitrogens is 4. The Morgan fingerprint density at radius 1 is 0.929 bits per heavy atom. The third-order valence-electron chi connectivity index (χ3n) is 6.54. The molecule has 42 heavy (non-hydrogen) atoms. The highest BCUT2D eigenvalue weighted by atomic mass is 35.5. The summed E-state index contributed by atoms with van der Waals surface area (Å²) in [6, 6.07) is 11.9. The van der Waals surface area contributed by atoms with Gasteiger partial charge in [-0.05, 0) is 48.5 Å². The summed E-state index contributed by atoms with van der Waals surface area (Å²) in [6.45, 7) is -1.93. The minimum absolute atomic E-state index is 0.0380. The van der Waals surface area contributed by atoms with E-state index in [1.165, 1.54) is 30.5 Å². The quantitative estimate of drug-likeness (QED) is 0.212. The number of nitrogens with zero attached hydrogens (tertiary/aromatic N) is 4. The Hall–Kier alpha value is -3.95. The number of aliphatic hydroxyl groups is 1. The lowest BCUT2D eigenvalue weighted by molar-refractivity contribution is -0.372. The molecule has 0 aliphatic rings. The molecule has 5 rings (SSSR count). The number of rotatable bonds is 6. The summed E-state index contributed by atoms with van der Waals surface area (Å²) in [4.78, 5) is 8.88. The van der Waals surface area contributed by atoms with Crippen LogP contribution in [0.2, 0.25) is 5.02 Å². The van der Waals surface area contributed by atoms with Gasteiger partial charge in [0.25, 0.3) is 5.60 Å². The number of pyridine rings is 2. The second-order valence-corrected chi connectivity index (χ2v) is 11.8. The molecule has 0 amide bonds. The van der Waals surface area contributed by atoms with Gasteiger partial charge in [-0.3, -0.25) is 9.67 Å². The van der Waals surface area contributed by atoms with Crippen molar-refractivity contribution in [3.8, 4) is 11.3 Å². The molecule has 0 saturated carbocycles. The Balaban J connectivity index is 1.53. The monoisotopic (exact) mass is 629 g/mol. The van der Waals surface area contributed by atoms with E-state index in [1.54, 1.807) is 30.5 Å². The molecule has 0 unspecified atom stereocenters. The Labute approximate surface area is 238 Å². The highest BCUT2D eigenvalue weighted by Crippen LogP contribution is 2.45. The molecular formula is C26H18ClF6N5O3S. The molecule has 0 fully saturated rings. The molecule has 0 atom stereocenters. The van der Waals surface area contributed by atoms with Gasteiger partial charge >= 0.3 is 12.4 Å². The fraction of sp³-hybridized carbons (Fsp3) is 0.192. The van der Waals surface area contributed by atoms with Crippen molar-refractivity contribution in [2.45, 2.75) is 29.4 Å². The molecule has 0 bridgehead atoms. The lowest BCUT2D eigenvalue weighted by atomic mass is 10.0. The predicted molar refractivity (Wildman–Crippen MR) is 143 cm³/mol. The van der Waals surface area contributed by atoms with Gasteiger partial charge in [-0.25, -0.2) is 13.4 Å². The van der Waals surface area contributed by atoms with Crippen molar-refractivity contribution in [3.05, 3.63) is 72.1 Å². The molecule has 220 valence electrons. The molecule has 5 aromatic rings. The van der Waals surface area contributed by atoms with Crippen molar-refractivity contribution in [1.29, 1.82) is 0 Å². The summed E-state index contributed by atoms with van der Waals surface area (Å²) < 4.78 is 103. The van der Waals surface area contributed by atoms with Gasteiger partial charge in [0.1, 0.15) is 5.82 Å². The van der Waals surface area contributed by atoms with Crippen LogP contribution in [-0.2, 0) is 16.4 Å². The SMILES string of the molecule is CS(=O)(=O)c1ccc(Nc2cc3c(-c4ccc5c(cnn5CC(O)(C(F)(F)F)C(F)(F)F)c4Cl)nccc3cn2)cc1.